The molecule has 3 rings (SSSR count). The van der Waals surface area contributed by atoms with E-state index in [1.54, 1.807) is 0 Å². The summed E-state index contributed by atoms with van der Waals surface area (Å²) in [6.45, 7) is 4.95. The molecule has 5 nitrogen and oxygen atoms in total. The molecule has 1 N–H and O–H groups in total. The Hall–Kier alpha value is -2.66. The van der Waals surface area contributed by atoms with E-state index in [9.17, 15) is 4.79 Å². The Bertz CT molecular complexity index is 911. The second kappa shape index (κ2) is 7.07. The zero-order valence-electron chi connectivity index (χ0n) is 15.2. The summed E-state index contributed by atoms with van der Waals surface area (Å²) in [5, 5.41) is 3.03. The van der Waals surface area contributed by atoms with Gasteiger partial charge in [-0.2, -0.15) is 0 Å². The van der Waals surface area contributed by atoms with Crippen LogP contribution >= 0.6 is 0 Å². The Morgan fingerprint density at radius 1 is 1.16 bits per heavy atom. The van der Waals surface area contributed by atoms with Crippen LogP contribution < -0.4 is 5.32 Å². The Morgan fingerprint density at radius 2 is 1.92 bits per heavy atom. The molecule has 3 aromatic rings. The number of aromatic nitrogens is 2. The van der Waals surface area contributed by atoms with Crippen LogP contribution in [0.2, 0.25) is 0 Å². The third kappa shape index (κ3) is 3.88. The smallest absolute Gasteiger partial charge is 0.244 e. The summed E-state index contributed by atoms with van der Waals surface area (Å²) < 4.78 is 2.00. The van der Waals surface area contributed by atoms with Crippen LogP contribution in [0.5, 0.6) is 0 Å². The number of hydrogen-bond acceptors (Lipinski definition) is 3. The maximum Gasteiger partial charge on any atom is 0.244 e. The van der Waals surface area contributed by atoms with Crippen molar-refractivity contribution in [3.05, 3.63) is 59.4 Å². The van der Waals surface area contributed by atoms with Gasteiger partial charge in [0.1, 0.15) is 12.4 Å². The number of amides is 1. The number of anilines is 1. The summed E-state index contributed by atoms with van der Waals surface area (Å²) in [7, 11) is 4.00. The van der Waals surface area contributed by atoms with Crippen LogP contribution in [0, 0.1) is 13.8 Å². The van der Waals surface area contributed by atoms with Crippen LogP contribution in [-0.4, -0.2) is 34.5 Å². The maximum absolute atomic E-state index is 12.7. The van der Waals surface area contributed by atoms with Gasteiger partial charge in [0.05, 0.1) is 17.6 Å². The first-order valence-corrected chi connectivity index (χ1v) is 8.40. The molecule has 130 valence electrons. The monoisotopic (exact) mass is 336 g/mol. The van der Waals surface area contributed by atoms with Crippen molar-refractivity contribution in [2.45, 2.75) is 26.9 Å². The van der Waals surface area contributed by atoms with E-state index in [1.165, 1.54) is 0 Å². The standard InChI is InChI=1S/C20H24N4O/c1-14-9-10-15(2)17(11-14)22-20(25)13-24-18-8-6-5-7-16(18)21-19(24)12-23(3)4/h5-11H,12-13H2,1-4H3,(H,22,25). The third-order valence-electron chi connectivity index (χ3n) is 4.16. The van der Waals surface area contributed by atoms with E-state index < -0.39 is 0 Å². The summed E-state index contributed by atoms with van der Waals surface area (Å²) in [5.74, 6) is 0.846. The molecular formula is C20H24N4O. The first-order valence-electron chi connectivity index (χ1n) is 8.40. The Morgan fingerprint density at radius 3 is 2.68 bits per heavy atom. The molecule has 0 fully saturated rings. The van der Waals surface area contributed by atoms with E-state index in [0.717, 1.165) is 33.7 Å². The van der Waals surface area contributed by atoms with Gasteiger partial charge in [0.25, 0.3) is 0 Å². The summed E-state index contributed by atoms with van der Waals surface area (Å²) in [4.78, 5) is 19.4. The van der Waals surface area contributed by atoms with E-state index in [2.05, 4.69) is 15.2 Å². The molecule has 1 heterocycles. The lowest BCUT2D eigenvalue weighted by molar-refractivity contribution is -0.116. The van der Waals surface area contributed by atoms with Gasteiger partial charge in [-0.15, -0.1) is 0 Å². The van der Waals surface area contributed by atoms with Gasteiger partial charge < -0.3 is 14.8 Å². The number of nitrogens with zero attached hydrogens (tertiary/aromatic N) is 3. The number of carbonyl (C=O) groups is 1. The Kier molecular flexibility index (Phi) is 4.86. The van der Waals surface area contributed by atoms with Crippen molar-refractivity contribution >= 4 is 22.6 Å². The minimum Gasteiger partial charge on any atom is -0.324 e. The lowest BCUT2D eigenvalue weighted by Crippen LogP contribution is -2.22. The van der Waals surface area contributed by atoms with Gasteiger partial charge in [0.15, 0.2) is 0 Å². The molecule has 5 heteroatoms. The number of para-hydroxylation sites is 2. The van der Waals surface area contributed by atoms with Crippen molar-refractivity contribution in [1.82, 2.24) is 14.5 Å². The fourth-order valence-corrected chi connectivity index (χ4v) is 2.91. The van der Waals surface area contributed by atoms with Crippen LogP contribution in [0.1, 0.15) is 17.0 Å². The van der Waals surface area contributed by atoms with Crippen molar-refractivity contribution in [3.8, 4) is 0 Å². The number of nitrogens with one attached hydrogen (secondary N) is 1. The van der Waals surface area contributed by atoms with Crippen molar-refractivity contribution < 1.29 is 4.79 Å². The molecule has 0 bridgehead atoms. The minimum absolute atomic E-state index is 0.0446. The van der Waals surface area contributed by atoms with Gasteiger partial charge in [-0.05, 0) is 57.3 Å². The molecule has 2 aromatic carbocycles. The van der Waals surface area contributed by atoms with Gasteiger partial charge in [0, 0.05) is 5.69 Å². The zero-order chi connectivity index (χ0) is 18.0. The highest BCUT2D eigenvalue weighted by atomic mass is 16.1. The predicted molar refractivity (Wildman–Crippen MR) is 102 cm³/mol. The number of fused-ring (bicyclic) bond motifs is 1. The lowest BCUT2D eigenvalue weighted by Gasteiger charge is -2.14. The molecular weight excluding hydrogens is 312 g/mol. The Balaban J connectivity index is 1.88. The Labute approximate surface area is 148 Å². The largest absolute Gasteiger partial charge is 0.324 e. The number of carbonyl (C=O) groups excluding carboxylic acids is 1. The van der Waals surface area contributed by atoms with Gasteiger partial charge in [-0.25, -0.2) is 4.98 Å². The normalized spacial score (nSPS) is 11.2. The molecule has 0 saturated carbocycles. The third-order valence-corrected chi connectivity index (χ3v) is 4.16. The summed E-state index contributed by atoms with van der Waals surface area (Å²) in [6, 6.07) is 14.0. The second-order valence-corrected chi connectivity index (χ2v) is 6.71. The highest BCUT2D eigenvalue weighted by molar-refractivity contribution is 5.92. The fourth-order valence-electron chi connectivity index (χ4n) is 2.91. The van der Waals surface area contributed by atoms with Gasteiger partial charge in [0.2, 0.25) is 5.91 Å². The minimum atomic E-state index is -0.0446. The SMILES string of the molecule is Cc1ccc(C)c(NC(=O)Cn2c(CN(C)C)nc3ccccc32)c1. The second-order valence-electron chi connectivity index (χ2n) is 6.71. The topological polar surface area (TPSA) is 50.2 Å². The van der Waals surface area contributed by atoms with Crippen LogP contribution in [0.3, 0.4) is 0 Å². The van der Waals surface area contributed by atoms with E-state index in [4.69, 9.17) is 0 Å². The molecule has 25 heavy (non-hydrogen) atoms. The molecule has 0 unspecified atom stereocenters. The van der Waals surface area contributed by atoms with E-state index in [-0.39, 0.29) is 12.5 Å². The number of benzene rings is 2. The highest BCUT2D eigenvalue weighted by Crippen LogP contribution is 2.19. The number of imidazole rings is 1. The van der Waals surface area contributed by atoms with Crippen molar-refractivity contribution in [1.29, 1.82) is 0 Å². The number of hydrogen-bond donors (Lipinski definition) is 1. The zero-order valence-corrected chi connectivity index (χ0v) is 15.2. The molecule has 1 amide bonds. The molecule has 0 atom stereocenters. The van der Waals surface area contributed by atoms with Crippen LogP contribution in [-0.2, 0) is 17.9 Å². The summed E-state index contributed by atoms with van der Waals surface area (Å²) in [5.41, 5.74) is 4.95. The predicted octanol–water partition coefficient (Wildman–Crippen LogP) is 3.35. The van der Waals surface area contributed by atoms with Crippen LogP contribution in [0.15, 0.2) is 42.5 Å². The summed E-state index contributed by atoms with van der Waals surface area (Å²) >= 11 is 0. The van der Waals surface area contributed by atoms with E-state index in [1.807, 2.05) is 75.0 Å². The van der Waals surface area contributed by atoms with E-state index >= 15 is 0 Å². The van der Waals surface area contributed by atoms with Gasteiger partial charge >= 0.3 is 0 Å². The van der Waals surface area contributed by atoms with Crippen molar-refractivity contribution in [2.75, 3.05) is 19.4 Å². The molecule has 0 aliphatic carbocycles. The molecule has 0 aliphatic rings. The van der Waals surface area contributed by atoms with Crippen molar-refractivity contribution in [3.63, 3.8) is 0 Å². The molecule has 0 radical (unpaired) electrons. The summed E-state index contributed by atoms with van der Waals surface area (Å²) in [6.07, 6.45) is 0. The van der Waals surface area contributed by atoms with Gasteiger partial charge in [-0.3, -0.25) is 4.79 Å². The van der Waals surface area contributed by atoms with Crippen LogP contribution in [0.4, 0.5) is 5.69 Å². The molecule has 0 saturated heterocycles. The van der Waals surface area contributed by atoms with Crippen molar-refractivity contribution in [2.24, 2.45) is 0 Å². The van der Waals surface area contributed by atoms with E-state index in [0.29, 0.717) is 6.54 Å². The number of aryl methyl sites for hydroxylation is 2. The molecule has 0 spiro atoms. The average molecular weight is 336 g/mol. The first-order chi connectivity index (χ1) is 11.9. The van der Waals surface area contributed by atoms with Crippen LogP contribution in [0.25, 0.3) is 11.0 Å². The number of rotatable bonds is 5. The van der Waals surface area contributed by atoms with Gasteiger partial charge in [-0.1, -0.05) is 24.3 Å². The average Bonchev–Trinajstić information content (AvgIpc) is 2.88. The quantitative estimate of drug-likeness (QED) is 0.777. The fraction of sp³-hybridized carbons (Fsp3) is 0.300. The molecule has 0 aliphatic heterocycles. The highest BCUT2D eigenvalue weighted by Gasteiger charge is 2.14. The lowest BCUT2D eigenvalue weighted by atomic mass is 10.1. The maximum atomic E-state index is 12.7. The molecule has 1 aromatic heterocycles. The first kappa shape index (κ1) is 17.2.